The second kappa shape index (κ2) is 14.7. The van der Waals surface area contributed by atoms with Gasteiger partial charge < -0.3 is 24.8 Å². The van der Waals surface area contributed by atoms with Crippen molar-refractivity contribution in [2.75, 3.05) is 19.8 Å². The fraction of sp³-hybridized carbons (Fsp3) is 0.900. The summed E-state index contributed by atoms with van der Waals surface area (Å²) in [6.07, 6.45) is 13.5. The van der Waals surface area contributed by atoms with Crippen LogP contribution in [0.2, 0.25) is 0 Å². The zero-order chi connectivity index (χ0) is 18.3. The maximum atomic E-state index is 9.95. The molecule has 25 heavy (non-hydrogen) atoms. The van der Waals surface area contributed by atoms with E-state index in [1.807, 2.05) is 0 Å². The van der Waals surface area contributed by atoms with Gasteiger partial charge in [0.15, 0.2) is 0 Å². The molecule has 1 heterocycles. The third kappa shape index (κ3) is 9.71. The van der Waals surface area contributed by atoms with Crippen molar-refractivity contribution in [2.45, 2.75) is 95.5 Å². The molecule has 0 spiro atoms. The SMILES string of the molecule is CCCCCCCCC/C=C/CCCO[C@H]1CO[C@H](CO)[C@@H](O)[C@@H]1O. The smallest absolute Gasteiger partial charge is 0.111 e. The van der Waals surface area contributed by atoms with E-state index in [0.29, 0.717) is 6.61 Å². The molecule has 0 aromatic heterocycles. The number of aliphatic hydroxyl groups excluding tert-OH is 3. The normalized spacial score (nSPS) is 27.2. The first-order valence-electron chi connectivity index (χ1n) is 10.1. The van der Waals surface area contributed by atoms with Crippen molar-refractivity contribution in [3.05, 3.63) is 12.2 Å². The first-order chi connectivity index (χ1) is 12.2. The molecule has 1 rings (SSSR count). The molecule has 1 aliphatic heterocycles. The molecule has 0 aliphatic carbocycles. The standard InChI is InChI=1S/C20H38O5/c1-2-3-4-5-6-7-8-9-10-11-12-13-14-24-18-16-25-17(15-21)19(22)20(18)23/h10-11,17-23H,2-9,12-16H2,1H3/b11-10+/t17-,18+,19-,20-/m1/s1. The number of ether oxygens (including phenoxy) is 2. The Bertz CT molecular complexity index is 334. The quantitative estimate of drug-likeness (QED) is 0.329. The van der Waals surface area contributed by atoms with Gasteiger partial charge in [-0.05, 0) is 25.7 Å². The molecule has 5 nitrogen and oxygen atoms in total. The van der Waals surface area contributed by atoms with Crippen molar-refractivity contribution in [1.29, 1.82) is 0 Å². The Morgan fingerprint density at radius 1 is 0.920 bits per heavy atom. The number of hydrogen-bond acceptors (Lipinski definition) is 5. The van der Waals surface area contributed by atoms with Crippen LogP contribution in [-0.2, 0) is 9.47 Å². The summed E-state index contributed by atoms with van der Waals surface area (Å²) in [5, 5.41) is 28.8. The predicted octanol–water partition coefficient (Wildman–Crippen LogP) is 2.96. The molecule has 5 heteroatoms. The van der Waals surface area contributed by atoms with Crippen LogP contribution >= 0.6 is 0 Å². The molecule has 1 aliphatic rings. The summed E-state index contributed by atoms with van der Waals surface area (Å²) in [7, 11) is 0. The zero-order valence-electron chi connectivity index (χ0n) is 15.8. The van der Waals surface area contributed by atoms with Gasteiger partial charge in [-0.15, -0.1) is 0 Å². The Hall–Kier alpha value is -0.460. The largest absolute Gasteiger partial charge is 0.394 e. The molecule has 0 aromatic rings. The van der Waals surface area contributed by atoms with Crippen LogP contribution in [0.25, 0.3) is 0 Å². The molecular weight excluding hydrogens is 320 g/mol. The van der Waals surface area contributed by atoms with E-state index < -0.39 is 24.4 Å². The van der Waals surface area contributed by atoms with Crippen LogP contribution in [0.5, 0.6) is 0 Å². The molecule has 1 fully saturated rings. The highest BCUT2D eigenvalue weighted by Crippen LogP contribution is 2.18. The predicted molar refractivity (Wildman–Crippen MR) is 99.6 cm³/mol. The maximum absolute atomic E-state index is 9.95. The minimum Gasteiger partial charge on any atom is -0.394 e. The number of aliphatic hydroxyl groups is 3. The third-order valence-electron chi connectivity index (χ3n) is 4.75. The molecule has 0 radical (unpaired) electrons. The van der Waals surface area contributed by atoms with Crippen molar-refractivity contribution in [1.82, 2.24) is 0 Å². The van der Waals surface area contributed by atoms with Crippen LogP contribution in [0.3, 0.4) is 0 Å². The van der Waals surface area contributed by atoms with Gasteiger partial charge in [0.2, 0.25) is 0 Å². The van der Waals surface area contributed by atoms with Crippen molar-refractivity contribution in [3.63, 3.8) is 0 Å². The van der Waals surface area contributed by atoms with Crippen LogP contribution in [0.4, 0.5) is 0 Å². The van der Waals surface area contributed by atoms with Gasteiger partial charge in [0.25, 0.3) is 0 Å². The fourth-order valence-corrected chi connectivity index (χ4v) is 3.05. The van der Waals surface area contributed by atoms with Crippen LogP contribution in [0, 0.1) is 0 Å². The van der Waals surface area contributed by atoms with Gasteiger partial charge in [0.1, 0.15) is 24.4 Å². The molecule has 3 N–H and O–H groups in total. The first-order valence-corrected chi connectivity index (χ1v) is 10.1. The molecule has 1 saturated heterocycles. The molecule has 0 unspecified atom stereocenters. The molecule has 148 valence electrons. The summed E-state index contributed by atoms with van der Waals surface area (Å²) in [6.45, 7) is 2.69. The lowest BCUT2D eigenvalue weighted by Gasteiger charge is -2.36. The first kappa shape index (κ1) is 22.6. The number of rotatable bonds is 14. The minimum absolute atomic E-state index is 0.206. The lowest BCUT2D eigenvalue weighted by molar-refractivity contribution is -0.208. The summed E-state index contributed by atoms with van der Waals surface area (Å²) >= 11 is 0. The zero-order valence-corrected chi connectivity index (χ0v) is 15.8. The molecule has 0 amide bonds. The number of allylic oxidation sites excluding steroid dienone is 2. The van der Waals surface area contributed by atoms with Gasteiger partial charge in [0.05, 0.1) is 13.2 Å². The van der Waals surface area contributed by atoms with Crippen molar-refractivity contribution in [3.8, 4) is 0 Å². The number of hydrogen-bond donors (Lipinski definition) is 3. The molecule has 4 atom stereocenters. The van der Waals surface area contributed by atoms with Crippen molar-refractivity contribution < 1.29 is 24.8 Å². The minimum atomic E-state index is -1.09. The van der Waals surface area contributed by atoms with Gasteiger partial charge in [0, 0.05) is 6.61 Å². The lowest BCUT2D eigenvalue weighted by atomic mass is 10.0. The summed E-state index contributed by atoms with van der Waals surface area (Å²) in [5.74, 6) is 0. The van der Waals surface area contributed by atoms with Crippen LogP contribution in [0.15, 0.2) is 12.2 Å². The average Bonchev–Trinajstić information content (AvgIpc) is 2.62. The van der Waals surface area contributed by atoms with E-state index in [4.69, 9.17) is 14.6 Å². The topological polar surface area (TPSA) is 79.2 Å². The highest BCUT2D eigenvalue weighted by Gasteiger charge is 2.38. The van der Waals surface area contributed by atoms with E-state index in [1.54, 1.807) is 0 Å². The van der Waals surface area contributed by atoms with Gasteiger partial charge >= 0.3 is 0 Å². The fourth-order valence-electron chi connectivity index (χ4n) is 3.05. The molecule has 0 aromatic carbocycles. The summed E-state index contributed by atoms with van der Waals surface area (Å²) < 4.78 is 10.9. The van der Waals surface area contributed by atoms with Gasteiger partial charge in [-0.2, -0.15) is 0 Å². The van der Waals surface area contributed by atoms with Crippen LogP contribution in [0.1, 0.15) is 71.1 Å². The Balaban J connectivity index is 1.94. The highest BCUT2D eigenvalue weighted by atomic mass is 16.6. The van der Waals surface area contributed by atoms with Gasteiger partial charge in [-0.3, -0.25) is 0 Å². The monoisotopic (exact) mass is 358 g/mol. The third-order valence-corrected chi connectivity index (χ3v) is 4.75. The van der Waals surface area contributed by atoms with Crippen molar-refractivity contribution >= 4 is 0 Å². The van der Waals surface area contributed by atoms with E-state index in [2.05, 4.69) is 19.1 Å². The van der Waals surface area contributed by atoms with Gasteiger partial charge in [-0.1, -0.05) is 57.6 Å². The molecular formula is C20H38O5. The van der Waals surface area contributed by atoms with E-state index in [9.17, 15) is 10.2 Å². The maximum Gasteiger partial charge on any atom is 0.111 e. The Morgan fingerprint density at radius 2 is 1.56 bits per heavy atom. The van der Waals surface area contributed by atoms with E-state index in [1.165, 1.54) is 44.9 Å². The Labute approximate surface area is 153 Å². The molecule has 0 bridgehead atoms. The summed E-state index contributed by atoms with van der Waals surface area (Å²) in [5.41, 5.74) is 0. The Kier molecular flexibility index (Phi) is 13.3. The van der Waals surface area contributed by atoms with E-state index in [0.717, 1.165) is 19.3 Å². The summed E-state index contributed by atoms with van der Waals surface area (Å²) in [4.78, 5) is 0. The van der Waals surface area contributed by atoms with Crippen molar-refractivity contribution in [2.24, 2.45) is 0 Å². The van der Waals surface area contributed by atoms with E-state index >= 15 is 0 Å². The average molecular weight is 359 g/mol. The highest BCUT2D eigenvalue weighted by molar-refractivity contribution is 4.87. The second-order valence-corrected chi connectivity index (χ2v) is 6.97. The number of unbranched alkanes of at least 4 members (excludes halogenated alkanes) is 8. The van der Waals surface area contributed by atoms with Crippen LogP contribution < -0.4 is 0 Å². The summed E-state index contributed by atoms with van der Waals surface area (Å²) in [6, 6.07) is 0. The molecule has 0 saturated carbocycles. The Morgan fingerprint density at radius 3 is 2.24 bits per heavy atom. The van der Waals surface area contributed by atoms with E-state index in [-0.39, 0.29) is 13.2 Å². The van der Waals surface area contributed by atoms with Crippen LogP contribution in [-0.4, -0.2) is 59.6 Å². The lowest BCUT2D eigenvalue weighted by Crippen LogP contribution is -2.55. The second-order valence-electron chi connectivity index (χ2n) is 6.97. The van der Waals surface area contributed by atoms with Gasteiger partial charge in [-0.25, -0.2) is 0 Å².